The smallest absolute Gasteiger partial charge is 0.270 e. The second-order valence-electron chi connectivity index (χ2n) is 9.19. The van der Waals surface area contributed by atoms with Crippen LogP contribution >= 0.6 is 11.3 Å². The summed E-state index contributed by atoms with van der Waals surface area (Å²) >= 11 is 1.94. The molecular weight excluding hydrogens is 436 g/mol. The number of rotatable bonds is 4. The summed E-state index contributed by atoms with van der Waals surface area (Å²) in [5.41, 5.74) is 1.17. The summed E-state index contributed by atoms with van der Waals surface area (Å²) in [6.45, 7) is 4.53. The Bertz CT molecular complexity index is 1210. The van der Waals surface area contributed by atoms with Gasteiger partial charge in [0.2, 0.25) is 0 Å². The van der Waals surface area contributed by atoms with Crippen molar-refractivity contribution in [3.05, 3.63) is 54.9 Å². The van der Waals surface area contributed by atoms with Gasteiger partial charge in [-0.1, -0.05) is 26.2 Å². The molecule has 3 aliphatic rings. The molecule has 0 amide bonds. The van der Waals surface area contributed by atoms with E-state index in [0.29, 0.717) is 17.7 Å². The van der Waals surface area contributed by atoms with E-state index in [2.05, 4.69) is 16.4 Å². The van der Waals surface area contributed by atoms with Crippen molar-refractivity contribution in [1.29, 1.82) is 0 Å². The van der Waals surface area contributed by atoms with Crippen molar-refractivity contribution >= 4 is 22.5 Å². The average molecular weight is 469 g/mol. The predicted molar refractivity (Wildman–Crippen MR) is 131 cm³/mol. The Morgan fingerprint density at radius 2 is 2.00 bits per heavy atom. The van der Waals surface area contributed by atoms with Gasteiger partial charge in [-0.2, -0.15) is 0 Å². The number of fused-ring (bicyclic) bond motifs is 1. The molecule has 33 heavy (non-hydrogen) atoms. The van der Waals surface area contributed by atoms with Crippen LogP contribution in [0, 0.1) is 0 Å². The van der Waals surface area contributed by atoms with Crippen LogP contribution < -0.4 is 21.2 Å². The number of aromatic nitrogens is 3. The number of pyridine rings is 1. The Hall–Kier alpha value is -2.45. The summed E-state index contributed by atoms with van der Waals surface area (Å²) in [5, 5.41) is 3.70. The zero-order valence-electron chi connectivity index (χ0n) is 19.2. The van der Waals surface area contributed by atoms with E-state index in [1.54, 1.807) is 15.2 Å². The van der Waals surface area contributed by atoms with Crippen molar-refractivity contribution < 1.29 is 4.74 Å². The molecule has 1 unspecified atom stereocenters. The van der Waals surface area contributed by atoms with E-state index in [0.717, 1.165) is 31.4 Å². The lowest BCUT2D eigenvalue weighted by atomic mass is 9.95. The molecule has 0 bridgehead atoms. The van der Waals surface area contributed by atoms with Crippen LogP contribution in [0.5, 0.6) is 5.75 Å². The molecule has 0 radical (unpaired) electrons. The Morgan fingerprint density at radius 1 is 1.15 bits per heavy atom. The lowest BCUT2D eigenvalue weighted by molar-refractivity contribution is 0.291. The van der Waals surface area contributed by atoms with E-state index in [1.165, 1.54) is 67.0 Å². The van der Waals surface area contributed by atoms with Crippen LogP contribution in [-0.2, 0) is 19.5 Å². The van der Waals surface area contributed by atoms with E-state index in [1.807, 2.05) is 18.3 Å². The molecule has 0 aromatic carbocycles. The fourth-order valence-corrected chi connectivity index (χ4v) is 6.25. The molecule has 1 N–H and O–H groups in total. The molecule has 7 nitrogen and oxygen atoms in total. The van der Waals surface area contributed by atoms with E-state index in [9.17, 15) is 9.59 Å². The van der Waals surface area contributed by atoms with Gasteiger partial charge < -0.3 is 10.1 Å². The van der Waals surface area contributed by atoms with Crippen molar-refractivity contribution in [2.75, 3.05) is 6.61 Å². The quantitative estimate of drug-likeness (QED) is 0.626. The highest BCUT2D eigenvalue weighted by Gasteiger charge is 2.24. The number of hydrogen-bond acceptors (Lipinski definition) is 6. The van der Waals surface area contributed by atoms with E-state index in [-0.39, 0.29) is 17.2 Å². The highest BCUT2D eigenvalue weighted by Crippen LogP contribution is 2.33. The number of nitrogens with one attached hydrogen (secondary N) is 1. The molecule has 1 aliphatic carbocycles. The number of hydrogen-bond donors (Lipinski definition) is 1. The number of thiophene rings is 1. The van der Waals surface area contributed by atoms with Crippen molar-refractivity contribution in [3.63, 3.8) is 0 Å². The van der Waals surface area contributed by atoms with Crippen molar-refractivity contribution in [2.45, 2.75) is 83.5 Å². The zero-order chi connectivity index (χ0) is 22.8. The molecule has 2 aliphatic heterocycles. The van der Waals surface area contributed by atoms with Crippen molar-refractivity contribution in [2.24, 2.45) is 0 Å². The summed E-state index contributed by atoms with van der Waals surface area (Å²) in [4.78, 5) is 30.4. The van der Waals surface area contributed by atoms with Crippen LogP contribution in [0.25, 0.3) is 11.2 Å². The average Bonchev–Trinajstić information content (AvgIpc) is 3.45. The predicted octanol–water partition coefficient (Wildman–Crippen LogP) is 4.02. The molecule has 1 atom stereocenters. The molecule has 3 aromatic rings. The monoisotopic (exact) mass is 468 g/mol. The molecule has 8 heteroatoms. The third-order valence-electron chi connectivity index (χ3n) is 6.94. The van der Waals surface area contributed by atoms with Gasteiger partial charge in [0.15, 0.2) is 0 Å². The fourth-order valence-electron chi connectivity index (χ4n) is 5.15. The Balaban J connectivity index is 0.000000139. The van der Waals surface area contributed by atoms with Crippen LogP contribution in [0.3, 0.4) is 0 Å². The first-order valence-corrected chi connectivity index (χ1v) is 13.0. The van der Waals surface area contributed by atoms with E-state index in [4.69, 9.17) is 4.74 Å². The van der Waals surface area contributed by atoms with Gasteiger partial charge in [0.25, 0.3) is 11.1 Å². The fraction of sp³-hybridized carbons (Fsp3) is 0.560. The Labute approximate surface area is 197 Å². The molecular formula is C25H32N4O3S. The first-order chi connectivity index (χ1) is 16.1. The first-order valence-electron chi connectivity index (χ1n) is 12.2. The van der Waals surface area contributed by atoms with Crippen LogP contribution in [0.2, 0.25) is 0 Å². The summed E-state index contributed by atoms with van der Waals surface area (Å²) < 4.78 is 9.00. The van der Waals surface area contributed by atoms with E-state index < -0.39 is 0 Å². The van der Waals surface area contributed by atoms with Crippen LogP contribution in [0.15, 0.2) is 34.0 Å². The van der Waals surface area contributed by atoms with Gasteiger partial charge in [0.1, 0.15) is 16.9 Å². The van der Waals surface area contributed by atoms with Gasteiger partial charge in [0.05, 0.1) is 18.8 Å². The second-order valence-corrected chi connectivity index (χ2v) is 10.4. The van der Waals surface area contributed by atoms with Gasteiger partial charge >= 0.3 is 0 Å². The Kier molecular flexibility index (Phi) is 6.64. The topological polar surface area (TPSA) is 78.2 Å². The van der Waals surface area contributed by atoms with Gasteiger partial charge in [0, 0.05) is 35.0 Å². The molecule has 1 saturated carbocycles. The summed E-state index contributed by atoms with van der Waals surface area (Å²) in [5.74, 6) is 1.15. The minimum absolute atomic E-state index is 0.0574. The minimum atomic E-state index is -0.136. The molecule has 3 aromatic heterocycles. The number of aryl methyl sites for hydroxylation is 1. The third kappa shape index (κ3) is 4.64. The van der Waals surface area contributed by atoms with Gasteiger partial charge in [-0.15, -0.1) is 11.3 Å². The molecule has 5 heterocycles. The highest BCUT2D eigenvalue weighted by atomic mass is 32.1. The van der Waals surface area contributed by atoms with Crippen molar-refractivity contribution in [1.82, 2.24) is 19.4 Å². The normalized spacial score (nSPS) is 19.6. The highest BCUT2D eigenvalue weighted by molar-refractivity contribution is 7.12. The minimum Gasteiger partial charge on any atom is -0.492 e. The summed E-state index contributed by atoms with van der Waals surface area (Å²) in [6.07, 6.45) is 11.5. The summed E-state index contributed by atoms with van der Waals surface area (Å²) in [6, 6.07) is 6.26. The van der Waals surface area contributed by atoms with Crippen LogP contribution in [0.1, 0.15) is 67.7 Å². The molecule has 6 rings (SSSR count). The number of ether oxygens (including phenoxy) is 1. The second kappa shape index (κ2) is 9.81. The van der Waals surface area contributed by atoms with Crippen molar-refractivity contribution in [3.8, 4) is 5.75 Å². The molecule has 0 saturated heterocycles. The Morgan fingerprint density at radius 3 is 2.79 bits per heavy atom. The summed E-state index contributed by atoms with van der Waals surface area (Å²) in [7, 11) is 0. The maximum Gasteiger partial charge on any atom is 0.270 e. The maximum absolute atomic E-state index is 11.8. The molecule has 0 spiro atoms. The molecule has 1 fully saturated rings. The van der Waals surface area contributed by atoms with Crippen LogP contribution in [0.4, 0.5) is 0 Å². The first kappa shape index (κ1) is 22.3. The third-order valence-corrected chi connectivity index (χ3v) is 8.12. The van der Waals surface area contributed by atoms with Gasteiger partial charge in [-0.25, -0.2) is 4.98 Å². The zero-order valence-corrected chi connectivity index (χ0v) is 20.0. The van der Waals surface area contributed by atoms with E-state index >= 15 is 0 Å². The lowest BCUT2D eigenvalue weighted by Crippen LogP contribution is -2.30. The van der Waals surface area contributed by atoms with Crippen LogP contribution in [-0.4, -0.2) is 26.8 Å². The maximum atomic E-state index is 11.8. The largest absolute Gasteiger partial charge is 0.492 e. The lowest BCUT2D eigenvalue weighted by Gasteiger charge is -2.22. The van der Waals surface area contributed by atoms with Gasteiger partial charge in [-0.05, 0) is 44.2 Å². The molecule has 176 valence electrons. The van der Waals surface area contributed by atoms with Gasteiger partial charge in [-0.3, -0.25) is 18.7 Å². The standard InChI is InChI=1S/C14H21NOS.C11H11N3O2/c1-2-5-11(6-3-1)15-10-12-9-13-14(17-12)7-4-8-16-13;1-2-7-6-13-10(16)5-12-8-3-4-9(15)14(7)11(8)13/h9,11,15H,1-8,10H2;3-5,7H,2,6H2,1H3. The number of nitrogens with zero attached hydrogens (tertiary/aromatic N) is 3. The SMILES string of the molecule is CCC1Cn2c(=O)cnc3ccc(=O)n1c32.c1c(CNC2CCCCC2)sc2c1OCCC2.